The molecule has 0 atom stereocenters. The van der Waals surface area contributed by atoms with Crippen LogP contribution in [0.2, 0.25) is 0 Å². The zero-order valence-corrected chi connectivity index (χ0v) is 12.2. The van der Waals surface area contributed by atoms with Gasteiger partial charge in [-0.25, -0.2) is 0 Å². The van der Waals surface area contributed by atoms with Gasteiger partial charge >= 0.3 is 32.7 Å². The van der Waals surface area contributed by atoms with Crippen LogP contribution in [0.25, 0.3) is 10.9 Å². The Morgan fingerprint density at radius 1 is 0.765 bits per heavy atom. The van der Waals surface area contributed by atoms with E-state index in [2.05, 4.69) is 17.2 Å². The Bertz CT molecular complexity index is 445. The van der Waals surface area contributed by atoms with Crippen LogP contribution in [0, 0.1) is 12.3 Å². The van der Waals surface area contributed by atoms with Crippen LogP contribution in [-0.4, -0.2) is 4.98 Å². The van der Waals surface area contributed by atoms with Crippen LogP contribution in [0.3, 0.4) is 0 Å². The van der Waals surface area contributed by atoms with Crippen LogP contribution >= 0.6 is 0 Å². The molecule has 78 valence electrons. The van der Waals surface area contributed by atoms with Crippen molar-refractivity contribution >= 4 is 10.9 Å². The molecule has 17 heavy (non-hydrogen) atoms. The maximum atomic E-state index is 4.06. The third-order valence-electron chi connectivity index (χ3n) is 2.07. The molecule has 0 spiro atoms. The van der Waals surface area contributed by atoms with Crippen molar-refractivity contribution in [1.82, 2.24) is 4.98 Å². The van der Waals surface area contributed by atoms with Gasteiger partial charge in [0.1, 0.15) is 0 Å². The van der Waals surface area contributed by atoms with E-state index in [1.165, 1.54) is 5.39 Å². The van der Waals surface area contributed by atoms with E-state index in [1.807, 2.05) is 66.7 Å². The number of hydrogen-bond acceptors (Lipinski definition) is 1. The van der Waals surface area contributed by atoms with Gasteiger partial charge in [-0.3, -0.25) is 0 Å². The quantitative estimate of drug-likeness (QED) is 0.578. The molecular weight excluding hydrogens is 283 g/mol. The Hall–Kier alpha value is -1.05. The molecule has 2 heteroatoms. The summed E-state index contributed by atoms with van der Waals surface area (Å²) in [5.41, 5.74) is 1.00. The van der Waals surface area contributed by atoms with Gasteiger partial charge in [0.2, 0.25) is 0 Å². The van der Waals surface area contributed by atoms with Gasteiger partial charge in [-0.15, -0.1) is 5.39 Å². The predicted molar refractivity (Wildman–Crippen MR) is 65.9 cm³/mol. The second kappa shape index (κ2) is 8.10. The SMILES string of the molecule is [Y+3].[c-]1ccc2ccccc2n1.[c-]1ccccc1. The number of rotatable bonds is 0. The predicted octanol–water partition coefficient (Wildman–Crippen LogP) is 3.52. The van der Waals surface area contributed by atoms with E-state index >= 15 is 0 Å². The minimum absolute atomic E-state index is 0. The molecule has 0 saturated carbocycles. The summed E-state index contributed by atoms with van der Waals surface area (Å²) >= 11 is 0. The topological polar surface area (TPSA) is 12.9 Å². The number of hydrogen-bond donors (Lipinski definition) is 0. The zero-order chi connectivity index (χ0) is 11.1. The Balaban J connectivity index is 0.000000180. The van der Waals surface area contributed by atoms with E-state index in [1.54, 1.807) is 0 Å². The summed E-state index contributed by atoms with van der Waals surface area (Å²) in [6.07, 6.45) is 2.79. The Kier molecular flexibility index (Phi) is 6.68. The van der Waals surface area contributed by atoms with E-state index < -0.39 is 0 Å². The van der Waals surface area contributed by atoms with Gasteiger partial charge in [0.25, 0.3) is 0 Å². The molecule has 0 aliphatic carbocycles. The van der Waals surface area contributed by atoms with Gasteiger partial charge in [0, 0.05) is 0 Å². The van der Waals surface area contributed by atoms with E-state index in [9.17, 15) is 0 Å². The Labute approximate surface area is 127 Å². The molecule has 1 aromatic heterocycles. The number of aromatic nitrogens is 1. The average Bonchev–Trinajstić information content (AvgIpc) is 2.42. The van der Waals surface area contributed by atoms with Crippen LogP contribution in [0.1, 0.15) is 0 Å². The first-order valence-electron chi connectivity index (χ1n) is 5.10. The molecule has 0 fully saturated rings. The van der Waals surface area contributed by atoms with Crippen molar-refractivity contribution in [3.05, 3.63) is 79.0 Å². The summed E-state index contributed by atoms with van der Waals surface area (Å²) < 4.78 is 0. The number of nitrogens with zero attached hydrogens (tertiary/aromatic N) is 1. The number of fused-ring (bicyclic) bond motifs is 1. The van der Waals surface area contributed by atoms with Crippen molar-refractivity contribution in [2.75, 3.05) is 0 Å². The molecule has 0 N–H and O–H groups in total. The summed E-state index contributed by atoms with van der Waals surface area (Å²) in [4.78, 5) is 4.06. The fraction of sp³-hybridized carbons (Fsp3) is 0. The summed E-state index contributed by atoms with van der Waals surface area (Å²) in [6, 6.07) is 24.3. The van der Waals surface area contributed by atoms with E-state index in [0.29, 0.717) is 0 Å². The van der Waals surface area contributed by atoms with E-state index in [0.717, 1.165) is 5.52 Å². The van der Waals surface area contributed by atoms with Crippen molar-refractivity contribution in [2.24, 2.45) is 0 Å². The Morgan fingerprint density at radius 2 is 1.53 bits per heavy atom. The molecule has 0 radical (unpaired) electrons. The number of para-hydroxylation sites is 1. The molecule has 3 rings (SSSR count). The van der Waals surface area contributed by atoms with E-state index in [4.69, 9.17) is 0 Å². The normalized spacial score (nSPS) is 8.71. The van der Waals surface area contributed by atoms with E-state index in [-0.39, 0.29) is 32.7 Å². The second-order valence-electron chi connectivity index (χ2n) is 3.21. The van der Waals surface area contributed by atoms with Crippen molar-refractivity contribution in [2.45, 2.75) is 0 Å². The molecule has 3 aromatic rings. The van der Waals surface area contributed by atoms with Crippen LogP contribution in [0.5, 0.6) is 0 Å². The van der Waals surface area contributed by atoms with Gasteiger partial charge in [0.05, 0.1) is 0 Å². The van der Waals surface area contributed by atoms with Gasteiger partial charge in [0.15, 0.2) is 0 Å². The average molecular weight is 294 g/mol. The first-order chi connectivity index (χ1) is 7.97. The van der Waals surface area contributed by atoms with Crippen molar-refractivity contribution in [1.29, 1.82) is 0 Å². The maximum absolute atomic E-state index is 4.06. The minimum Gasteiger partial charge on any atom is -0.386 e. The standard InChI is InChI=1S/C9H6N.C6H5.Y/c1-2-6-9-8(4-1)5-3-7-10-9;1-2-4-6-5-3-1;/h1-6H;1-5H;/q2*-1;+3. The van der Waals surface area contributed by atoms with Crippen LogP contribution in [0.4, 0.5) is 0 Å². The molecule has 0 unspecified atom stereocenters. The fourth-order valence-electron chi connectivity index (χ4n) is 1.31. The zero-order valence-electron chi connectivity index (χ0n) is 9.38. The van der Waals surface area contributed by atoms with Gasteiger partial charge in [-0.1, -0.05) is 30.5 Å². The number of pyridine rings is 1. The summed E-state index contributed by atoms with van der Waals surface area (Å²) in [6.45, 7) is 0. The van der Waals surface area contributed by atoms with Crippen molar-refractivity contribution < 1.29 is 32.7 Å². The first kappa shape index (κ1) is 14.0. The molecule has 0 saturated heterocycles. The molecule has 1 heterocycles. The van der Waals surface area contributed by atoms with Crippen LogP contribution in [-0.2, 0) is 32.7 Å². The molecule has 1 nitrogen and oxygen atoms in total. The molecule has 0 amide bonds. The van der Waals surface area contributed by atoms with Gasteiger partial charge in [-0.05, 0) is 5.52 Å². The van der Waals surface area contributed by atoms with Crippen LogP contribution < -0.4 is 0 Å². The maximum Gasteiger partial charge on any atom is 3.00 e. The summed E-state index contributed by atoms with van der Waals surface area (Å²) in [5.74, 6) is 0. The van der Waals surface area contributed by atoms with Crippen molar-refractivity contribution in [3.8, 4) is 0 Å². The molecule has 2 aromatic carbocycles. The summed E-state index contributed by atoms with van der Waals surface area (Å²) in [7, 11) is 0. The Morgan fingerprint density at radius 3 is 2.12 bits per heavy atom. The fourth-order valence-corrected chi connectivity index (χ4v) is 1.31. The first-order valence-corrected chi connectivity index (χ1v) is 5.10. The third-order valence-corrected chi connectivity index (χ3v) is 2.07. The molecule has 0 aliphatic rings. The van der Waals surface area contributed by atoms with Gasteiger partial charge in [-0.2, -0.15) is 48.5 Å². The van der Waals surface area contributed by atoms with Gasteiger partial charge < -0.3 is 4.98 Å². The second-order valence-corrected chi connectivity index (χ2v) is 3.21. The minimum atomic E-state index is 0. The summed E-state index contributed by atoms with van der Waals surface area (Å²) in [5, 5.41) is 1.17. The monoisotopic (exact) mass is 294 g/mol. The number of benzene rings is 2. The molecular formula is C15H11NY+. The molecule has 0 aliphatic heterocycles. The largest absolute Gasteiger partial charge is 3.00 e. The smallest absolute Gasteiger partial charge is 0.386 e. The molecule has 0 bridgehead atoms. The van der Waals surface area contributed by atoms with Crippen LogP contribution in [0.15, 0.2) is 66.7 Å². The van der Waals surface area contributed by atoms with Crippen molar-refractivity contribution in [3.63, 3.8) is 0 Å². The third kappa shape index (κ3) is 4.76.